The van der Waals surface area contributed by atoms with Crippen LogP contribution in [0.5, 0.6) is 11.5 Å². The zero-order valence-electron chi connectivity index (χ0n) is 16.0. The van der Waals surface area contributed by atoms with Crippen LogP contribution in [0.2, 0.25) is 0 Å². The molecule has 0 aliphatic carbocycles. The molecule has 0 spiro atoms. The Kier molecular flexibility index (Phi) is 6.57. The van der Waals surface area contributed by atoms with Crippen molar-refractivity contribution in [1.29, 1.82) is 0 Å². The third kappa shape index (κ3) is 4.66. The van der Waals surface area contributed by atoms with Crippen molar-refractivity contribution in [3.63, 3.8) is 0 Å². The normalized spacial score (nSPS) is 21.9. The van der Waals surface area contributed by atoms with E-state index >= 15 is 0 Å². The Labute approximate surface area is 152 Å². The second kappa shape index (κ2) is 8.88. The molecule has 2 fully saturated rings. The standard InChI is InChI=1S/C20H33N3O2/c1-16-6-10-22(11-7-16)15-19(23-12-8-21-9-13-23)18-5-4-17(24-2)14-20(18)25-3/h4-5,14,16,19,21H,6-13,15H2,1-3H3. The molecule has 5 heteroatoms. The van der Waals surface area contributed by atoms with Crippen molar-refractivity contribution in [2.24, 2.45) is 5.92 Å². The molecule has 1 aromatic carbocycles. The van der Waals surface area contributed by atoms with Gasteiger partial charge in [0.1, 0.15) is 11.5 Å². The molecule has 1 aromatic rings. The Morgan fingerprint density at radius 1 is 1.08 bits per heavy atom. The van der Waals surface area contributed by atoms with Crippen LogP contribution in [0.4, 0.5) is 0 Å². The molecule has 2 aliphatic rings. The molecule has 0 amide bonds. The molecule has 5 nitrogen and oxygen atoms in total. The van der Waals surface area contributed by atoms with Gasteiger partial charge in [0.2, 0.25) is 0 Å². The van der Waals surface area contributed by atoms with Crippen molar-refractivity contribution < 1.29 is 9.47 Å². The number of rotatable bonds is 6. The topological polar surface area (TPSA) is 37.0 Å². The highest BCUT2D eigenvalue weighted by atomic mass is 16.5. The molecular weight excluding hydrogens is 314 g/mol. The highest BCUT2D eigenvalue weighted by Gasteiger charge is 2.28. The van der Waals surface area contributed by atoms with Crippen LogP contribution < -0.4 is 14.8 Å². The summed E-state index contributed by atoms with van der Waals surface area (Å²) in [6.45, 7) is 10.2. The summed E-state index contributed by atoms with van der Waals surface area (Å²) >= 11 is 0. The fourth-order valence-corrected chi connectivity index (χ4v) is 3.99. The van der Waals surface area contributed by atoms with E-state index in [1.165, 1.54) is 31.5 Å². The molecule has 1 unspecified atom stereocenters. The fourth-order valence-electron chi connectivity index (χ4n) is 3.99. The molecule has 0 aromatic heterocycles. The minimum atomic E-state index is 0.372. The predicted molar refractivity (Wildman–Crippen MR) is 102 cm³/mol. The molecule has 2 heterocycles. The molecule has 140 valence electrons. The van der Waals surface area contributed by atoms with Gasteiger partial charge >= 0.3 is 0 Å². The quantitative estimate of drug-likeness (QED) is 0.855. The molecule has 0 saturated carbocycles. The summed E-state index contributed by atoms with van der Waals surface area (Å²) in [5, 5.41) is 3.47. The molecule has 3 rings (SSSR count). The first-order chi connectivity index (χ1) is 12.2. The molecule has 0 bridgehead atoms. The third-order valence-electron chi connectivity index (χ3n) is 5.70. The van der Waals surface area contributed by atoms with Gasteiger partial charge in [-0.1, -0.05) is 13.0 Å². The number of nitrogens with zero attached hydrogens (tertiary/aromatic N) is 2. The number of hydrogen-bond acceptors (Lipinski definition) is 5. The van der Waals surface area contributed by atoms with Crippen LogP contribution in [-0.4, -0.2) is 69.8 Å². The average molecular weight is 348 g/mol. The maximum absolute atomic E-state index is 5.73. The zero-order chi connectivity index (χ0) is 17.6. The molecule has 2 saturated heterocycles. The largest absolute Gasteiger partial charge is 0.497 e. The number of ether oxygens (including phenoxy) is 2. The van der Waals surface area contributed by atoms with Crippen LogP contribution in [0.1, 0.15) is 31.4 Å². The van der Waals surface area contributed by atoms with Gasteiger partial charge in [-0.2, -0.15) is 0 Å². The van der Waals surface area contributed by atoms with Crippen molar-refractivity contribution >= 4 is 0 Å². The van der Waals surface area contributed by atoms with E-state index < -0.39 is 0 Å². The van der Waals surface area contributed by atoms with Gasteiger partial charge in [0, 0.05) is 44.4 Å². The first kappa shape index (κ1) is 18.5. The highest BCUT2D eigenvalue weighted by Crippen LogP contribution is 2.34. The summed E-state index contributed by atoms with van der Waals surface area (Å²) in [6, 6.07) is 6.64. The fraction of sp³-hybridized carbons (Fsp3) is 0.700. The van der Waals surface area contributed by atoms with E-state index in [4.69, 9.17) is 9.47 Å². The molecular formula is C20H33N3O2. The van der Waals surface area contributed by atoms with Crippen LogP contribution in [0.3, 0.4) is 0 Å². The smallest absolute Gasteiger partial charge is 0.127 e. The van der Waals surface area contributed by atoms with Gasteiger partial charge in [0.25, 0.3) is 0 Å². The highest BCUT2D eigenvalue weighted by molar-refractivity contribution is 5.42. The van der Waals surface area contributed by atoms with E-state index in [1.807, 2.05) is 6.07 Å². The second-order valence-corrected chi connectivity index (χ2v) is 7.39. The maximum atomic E-state index is 5.73. The lowest BCUT2D eigenvalue weighted by atomic mass is 9.97. The number of piperazine rings is 1. The number of hydrogen-bond donors (Lipinski definition) is 1. The van der Waals surface area contributed by atoms with Gasteiger partial charge < -0.3 is 19.7 Å². The van der Waals surface area contributed by atoms with Gasteiger partial charge in [0.05, 0.1) is 20.3 Å². The van der Waals surface area contributed by atoms with Gasteiger partial charge in [-0.15, -0.1) is 0 Å². The maximum Gasteiger partial charge on any atom is 0.127 e. The summed E-state index contributed by atoms with van der Waals surface area (Å²) in [5.41, 5.74) is 1.28. The van der Waals surface area contributed by atoms with Gasteiger partial charge in [0.15, 0.2) is 0 Å². The number of nitrogens with one attached hydrogen (secondary N) is 1. The summed E-state index contributed by atoms with van der Waals surface area (Å²) in [6.07, 6.45) is 2.63. The van der Waals surface area contributed by atoms with E-state index in [9.17, 15) is 0 Å². The SMILES string of the molecule is COc1ccc(C(CN2CCC(C)CC2)N2CCNCC2)c(OC)c1. The summed E-state index contributed by atoms with van der Waals surface area (Å²) < 4.78 is 11.1. The number of benzene rings is 1. The molecule has 2 aliphatic heterocycles. The van der Waals surface area contributed by atoms with Gasteiger partial charge in [-0.25, -0.2) is 0 Å². The first-order valence-corrected chi connectivity index (χ1v) is 9.60. The Morgan fingerprint density at radius 2 is 1.80 bits per heavy atom. The average Bonchev–Trinajstić information content (AvgIpc) is 2.68. The molecule has 25 heavy (non-hydrogen) atoms. The number of piperidine rings is 1. The van der Waals surface area contributed by atoms with Crippen LogP contribution >= 0.6 is 0 Å². The first-order valence-electron chi connectivity index (χ1n) is 9.60. The monoisotopic (exact) mass is 347 g/mol. The Balaban J connectivity index is 1.82. The van der Waals surface area contributed by atoms with Crippen molar-refractivity contribution in [3.05, 3.63) is 23.8 Å². The number of methoxy groups -OCH3 is 2. The Morgan fingerprint density at radius 3 is 2.44 bits per heavy atom. The second-order valence-electron chi connectivity index (χ2n) is 7.39. The van der Waals surface area contributed by atoms with E-state index in [-0.39, 0.29) is 0 Å². The van der Waals surface area contributed by atoms with Crippen LogP contribution in [0.25, 0.3) is 0 Å². The van der Waals surface area contributed by atoms with Crippen LogP contribution in [0.15, 0.2) is 18.2 Å². The number of likely N-dealkylation sites (tertiary alicyclic amines) is 1. The lowest BCUT2D eigenvalue weighted by Crippen LogP contribution is -2.49. The van der Waals surface area contributed by atoms with Crippen molar-refractivity contribution in [1.82, 2.24) is 15.1 Å². The van der Waals surface area contributed by atoms with E-state index in [1.54, 1.807) is 14.2 Å². The Bertz CT molecular complexity index is 538. The minimum absolute atomic E-state index is 0.372. The summed E-state index contributed by atoms with van der Waals surface area (Å²) in [7, 11) is 3.47. The molecule has 0 radical (unpaired) electrons. The van der Waals surface area contributed by atoms with E-state index in [0.29, 0.717) is 6.04 Å². The minimum Gasteiger partial charge on any atom is -0.497 e. The van der Waals surface area contributed by atoms with Crippen molar-refractivity contribution in [2.45, 2.75) is 25.8 Å². The van der Waals surface area contributed by atoms with Crippen LogP contribution in [0, 0.1) is 5.92 Å². The third-order valence-corrected chi connectivity index (χ3v) is 5.70. The molecule has 1 N–H and O–H groups in total. The van der Waals surface area contributed by atoms with Crippen molar-refractivity contribution in [3.8, 4) is 11.5 Å². The van der Waals surface area contributed by atoms with Crippen LogP contribution in [-0.2, 0) is 0 Å². The Hall–Kier alpha value is -1.30. The molecule has 1 atom stereocenters. The van der Waals surface area contributed by atoms with Crippen molar-refractivity contribution in [2.75, 3.05) is 60.0 Å². The van der Waals surface area contributed by atoms with E-state index in [2.05, 4.69) is 34.2 Å². The zero-order valence-corrected chi connectivity index (χ0v) is 16.0. The van der Waals surface area contributed by atoms with Gasteiger partial charge in [-0.05, 0) is 37.9 Å². The van der Waals surface area contributed by atoms with Gasteiger partial charge in [-0.3, -0.25) is 4.90 Å². The predicted octanol–water partition coefficient (Wildman–Crippen LogP) is 2.38. The van der Waals surface area contributed by atoms with E-state index in [0.717, 1.165) is 50.1 Å². The summed E-state index contributed by atoms with van der Waals surface area (Å²) in [4.78, 5) is 5.25. The lowest BCUT2D eigenvalue weighted by Gasteiger charge is -2.40. The summed E-state index contributed by atoms with van der Waals surface area (Å²) in [5.74, 6) is 2.66. The lowest BCUT2D eigenvalue weighted by molar-refractivity contribution is 0.103.